The molecule has 6 heteroatoms. The number of hydrogen-bond acceptors (Lipinski definition) is 2. The number of amides is 1. The van der Waals surface area contributed by atoms with E-state index in [1.807, 2.05) is 18.2 Å². The molecule has 1 aliphatic carbocycles. The number of nitrogens with one attached hydrogen (secondary N) is 1. The second kappa shape index (κ2) is 6.54. The summed E-state index contributed by atoms with van der Waals surface area (Å²) in [6, 6.07) is 5.35. The molecule has 0 heterocycles. The number of carbonyl (C=O) groups excluding carboxylic acids is 1. The molecule has 20 heavy (non-hydrogen) atoms. The molecule has 4 nitrogen and oxygen atoms in total. The summed E-state index contributed by atoms with van der Waals surface area (Å²) in [5, 5.41) is 12.0. The minimum atomic E-state index is -0.925. The van der Waals surface area contributed by atoms with Gasteiger partial charge in [-0.2, -0.15) is 0 Å². The van der Waals surface area contributed by atoms with Crippen LogP contribution in [0.5, 0.6) is 0 Å². The third kappa shape index (κ3) is 3.49. The number of carboxylic acids is 1. The number of halogens is 2. The first-order valence-electron chi connectivity index (χ1n) is 6.12. The zero-order valence-electron chi connectivity index (χ0n) is 10.5. The van der Waals surface area contributed by atoms with Gasteiger partial charge in [-0.25, -0.2) is 0 Å². The van der Waals surface area contributed by atoms with Crippen LogP contribution < -0.4 is 5.32 Å². The molecule has 0 fully saturated rings. The van der Waals surface area contributed by atoms with Gasteiger partial charge in [0.05, 0.1) is 11.8 Å². The van der Waals surface area contributed by atoms with Crippen molar-refractivity contribution in [2.24, 2.45) is 11.8 Å². The molecule has 1 aromatic rings. The number of aliphatic carboxylic acids is 1. The molecule has 106 valence electrons. The zero-order valence-corrected chi connectivity index (χ0v) is 13.6. The second-order valence-corrected chi connectivity index (χ2v) is 6.32. The van der Waals surface area contributed by atoms with Crippen LogP contribution in [0.4, 0.5) is 5.69 Å². The summed E-state index contributed by atoms with van der Waals surface area (Å²) in [7, 11) is 0. The Labute approximate surface area is 133 Å². The first-order chi connectivity index (χ1) is 9.49. The van der Waals surface area contributed by atoms with Gasteiger partial charge in [0.1, 0.15) is 0 Å². The predicted octanol–water partition coefficient (Wildman–Crippen LogP) is 3.82. The fourth-order valence-electron chi connectivity index (χ4n) is 2.19. The number of anilines is 1. The Bertz CT molecular complexity index is 572. The van der Waals surface area contributed by atoms with Crippen LogP contribution in [-0.2, 0) is 9.59 Å². The van der Waals surface area contributed by atoms with E-state index in [2.05, 4.69) is 37.2 Å². The minimum Gasteiger partial charge on any atom is -0.481 e. The number of hydrogen-bond donors (Lipinski definition) is 2. The molecule has 2 rings (SSSR count). The molecule has 1 aliphatic rings. The molecular weight excluding hydrogens is 390 g/mol. The van der Waals surface area contributed by atoms with Crippen molar-refractivity contribution in [2.75, 3.05) is 5.32 Å². The van der Waals surface area contributed by atoms with E-state index in [9.17, 15) is 14.7 Å². The summed E-state index contributed by atoms with van der Waals surface area (Å²) >= 11 is 6.72. The number of benzene rings is 1. The van der Waals surface area contributed by atoms with E-state index in [1.165, 1.54) is 0 Å². The van der Waals surface area contributed by atoms with E-state index in [4.69, 9.17) is 0 Å². The normalized spacial score (nSPS) is 21.5. The Kier molecular flexibility index (Phi) is 4.99. The summed E-state index contributed by atoms with van der Waals surface area (Å²) in [5.74, 6) is -2.36. The van der Waals surface area contributed by atoms with Gasteiger partial charge in [0.2, 0.25) is 5.91 Å². The lowest BCUT2D eigenvalue weighted by atomic mass is 9.82. The van der Waals surface area contributed by atoms with Crippen molar-refractivity contribution in [3.63, 3.8) is 0 Å². The number of carbonyl (C=O) groups is 2. The van der Waals surface area contributed by atoms with Gasteiger partial charge in [0, 0.05) is 14.6 Å². The van der Waals surface area contributed by atoms with Crippen LogP contribution in [0.25, 0.3) is 0 Å². The zero-order chi connectivity index (χ0) is 14.7. The van der Waals surface area contributed by atoms with E-state index in [1.54, 1.807) is 12.1 Å². The Hall–Kier alpha value is -1.14. The van der Waals surface area contributed by atoms with Crippen molar-refractivity contribution >= 4 is 49.4 Å². The number of rotatable bonds is 3. The van der Waals surface area contributed by atoms with Gasteiger partial charge in [-0.3, -0.25) is 9.59 Å². The van der Waals surface area contributed by atoms with E-state index >= 15 is 0 Å². The van der Waals surface area contributed by atoms with Gasteiger partial charge in [-0.05, 0) is 62.9 Å². The van der Waals surface area contributed by atoms with Crippen LogP contribution in [0.3, 0.4) is 0 Å². The van der Waals surface area contributed by atoms with Gasteiger partial charge < -0.3 is 10.4 Å². The predicted molar refractivity (Wildman–Crippen MR) is 83.5 cm³/mol. The van der Waals surface area contributed by atoms with Crippen LogP contribution in [0.15, 0.2) is 39.3 Å². The maximum atomic E-state index is 12.2. The SMILES string of the molecule is O=C(O)C1CC=CCC1C(=O)Nc1ccc(Br)c(Br)c1. The van der Waals surface area contributed by atoms with Crippen LogP contribution in [-0.4, -0.2) is 17.0 Å². The lowest BCUT2D eigenvalue weighted by Crippen LogP contribution is -2.34. The molecule has 2 unspecified atom stereocenters. The lowest BCUT2D eigenvalue weighted by molar-refractivity contribution is -0.146. The standard InChI is InChI=1S/C14H13Br2NO3/c15-11-6-5-8(7-12(11)16)17-13(18)9-3-1-2-4-10(9)14(19)20/h1-2,5-7,9-10H,3-4H2,(H,17,18)(H,19,20). The van der Waals surface area contributed by atoms with Crippen molar-refractivity contribution < 1.29 is 14.7 Å². The van der Waals surface area contributed by atoms with E-state index < -0.39 is 17.8 Å². The summed E-state index contributed by atoms with van der Waals surface area (Å²) in [4.78, 5) is 23.4. The van der Waals surface area contributed by atoms with Crippen molar-refractivity contribution in [1.82, 2.24) is 0 Å². The molecule has 0 bridgehead atoms. The fraction of sp³-hybridized carbons (Fsp3) is 0.286. The average molecular weight is 403 g/mol. The highest BCUT2D eigenvalue weighted by Crippen LogP contribution is 2.29. The Morgan fingerprint density at radius 2 is 1.75 bits per heavy atom. The minimum absolute atomic E-state index is 0.254. The summed E-state index contributed by atoms with van der Waals surface area (Å²) in [5.41, 5.74) is 0.642. The second-order valence-electron chi connectivity index (χ2n) is 4.61. The molecule has 1 aromatic carbocycles. The third-order valence-corrected chi connectivity index (χ3v) is 5.15. The van der Waals surface area contributed by atoms with Crippen LogP contribution >= 0.6 is 31.9 Å². The van der Waals surface area contributed by atoms with Crippen molar-refractivity contribution in [1.29, 1.82) is 0 Å². The van der Waals surface area contributed by atoms with Gasteiger partial charge >= 0.3 is 5.97 Å². The lowest BCUT2D eigenvalue weighted by Gasteiger charge is -2.24. The van der Waals surface area contributed by atoms with Crippen molar-refractivity contribution in [3.05, 3.63) is 39.3 Å². The smallest absolute Gasteiger partial charge is 0.307 e. The van der Waals surface area contributed by atoms with Gasteiger partial charge in [-0.15, -0.1) is 0 Å². The van der Waals surface area contributed by atoms with Gasteiger partial charge in [0.25, 0.3) is 0 Å². The first-order valence-corrected chi connectivity index (χ1v) is 7.71. The number of carboxylic acid groups (broad SMARTS) is 1. The van der Waals surface area contributed by atoms with Gasteiger partial charge in [0.15, 0.2) is 0 Å². The molecule has 0 aliphatic heterocycles. The molecule has 0 aromatic heterocycles. The largest absolute Gasteiger partial charge is 0.481 e. The van der Waals surface area contributed by atoms with E-state index in [-0.39, 0.29) is 5.91 Å². The maximum absolute atomic E-state index is 12.2. The molecule has 2 N–H and O–H groups in total. The van der Waals surface area contributed by atoms with E-state index in [0.29, 0.717) is 18.5 Å². The highest BCUT2D eigenvalue weighted by molar-refractivity contribution is 9.13. The highest BCUT2D eigenvalue weighted by atomic mass is 79.9. The Balaban J connectivity index is 2.12. The summed E-state index contributed by atoms with van der Waals surface area (Å²) in [6.45, 7) is 0. The average Bonchev–Trinajstić information content (AvgIpc) is 2.43. The number of allylic oxidation sites excluding steroid dienone is 2. The molecule has 0 spiro atoms. The fourth-order valence-corrected chi connectivity index (χ4v) is 2.81. The Morgan fingerprint density at radius 1 is 1.10 bits per heavy atom. The molecule has 2 atom stereocenters. The summed E-state index contributed by atoms with van der Waals surface area (Å²) < 4.78 is 1.72. The van der Waals surface area contributed by atoms with Gasteiger partial charge in [-0.1, -0.05) is 12.2 Å². The van der Waals surface area contributed by atoms with E-state index in [0.717, 1.165) is 8.95 Å². The monoisotopic (exact) mass is 401 g/mol. The first kappa shape index (κ1) is 15.3. The molecule has 0 saturated carbocycles. The highest BCUT2D eigenvalue weighted by Gasteiger charge is 2.33. The molecule has 1 amide bonds. The Morgan fingerprint density at radius 3 is 2.35 bits per heavy atom. The third-order valence-electron chi connectivity index (χ3n) is 3.27. The van der Waals surface area contributed by atoms with Crippen LogP contribution in [0.1, 0.15) is 12.8 Å². The maximum Gasteiger partial charge on any atom is 0.307 e. The van der Waals surface area contributed by atoms with Crippen molar-refractivity contribution in [3.8, 4) is 0 Å². The van der Waals surface area contributed by atoms with Crippen LogP contribution in [0.2, 0.25) is 0 Å². The molecule has 0 radical (unpaired) electrons. The quantitative estimate of drug-likeness (QED) is 0.755. The van der Waals surface area contributed by atoms with Crippen LogP contribution in [0, 0.1) is 11.8 Å². The molecular formula is C14H13Br2NO3. The summed E-state index contributed by atoms with van der Waals surface area (Å²) in [6.07, 6.45) is 4.54. The van der Waals surface area contributed by atoms with Crippen molar-refractivity contribution in [2.45, 2.75) is 12.8 Å². The molecule has 0 saturated heterocycles. The topological polar surface area (TPSA) is 66.4 Å².